The van der Waals surface area contributed by atoms with E-state index in [2.05, 4.69) is 27.4 Å². The van der Waals surface area contributed by atoms with Gasteiger partial charge in [-0.05, 0) is 18.6 Å². The number of amides is 2. The van der Waals surface area contributed by atoms with Crippen LogP contribution in [0.2, 0.25) is 0 Å². The lowest BCUT2D eigenvalue weighted by molar-refractivity contribution is -0.123. The molecular weight excluding hydrogens is 360 g/mol. The van der Waals surface area contributed by atoms with Crippen LogP contribution in [0.3, 0.4) is 0 Å². The van der Waals surface area contributed by atoms with Crippen LogP contribution in [0.1, 0.15) is 19.8 Å². The molecule has 1 aromatic carbocycles. The minimum absolute atomic E-state index is 0.0533. The first-order chi connectivity index (χ1) is 13.6. The normalized spacial score (nSPS) is 17.2. The van der Waals surface area contributed by atoms with Gasteiger partial charge >= 0.3 is 0 Å². The van der Waals surface area contributed by atoms with Crippen molar-refractivity contribution in [3.05, 3.63) is 18.2 Å². The van der Waals surface area contributed by atoms with E-state index >= 15 is 0 Å². The summed E-state index contributed by atoms with van der Waals surface area (Å²) in [4.78, 5) is 28.5. The van der Waals surface area contributed by atoms with Gasteiger partial charge in [-0.3, -0.25) is 19.4 Å². The first-order valence-corrected chi connectivity index (χ1v) is 10.0. The zero-order valence-corrected chi connectivity index (χ0v) is 16.5. The number of unbranched alkanes of at least 4 members (excludes halogenated alkanes) is 1. The maximum atomic E-state index is 12.4. The van der Waals surface area contributed by atoms with Crippen molar-refractivity contribution in [2.75, 3.05) is 64.3 Å². The third-order valence-corrected chi connectivity index (χ3v) is 4.88. The number of rotatable bonds is 8. The maximum absolute atomic E-state index is 12.4. The van der Waals surface area contributed by atoms with Gasteiger partial charge in [0.05, 0.1) is 13.1 Å². The monoisotopic (exact) mass is 390 g/mol. The number of carbonyl (C=O) groups is 2. The van der Waals surface area contributed by atoms with Crippen molar-refractivity contribution in [1.82, 2.24) is 15.1 Å². The fourth-order valence-electron chi connectivity index (χ4n) is 3.29. The fraction of sp³-hybridized carbons (Fsp3) is 0.600. The molecule has 1 saturated heterocycles. The van der Waals surface area contributed by atoms with Crippen molar-refractivity contribution < 1.29 is 19.1 Å². The molecule has 2 N–H and O–H groups in total. The van der Waals surface area contributed by atoms with Crippen LogP contribution in [0.25, 0.3) is 0 Å². The summed E-state index contributed by atoms with van der Waals surface area (Å²) in [5.74, 6) is 1.40. The number of carbonyl (C=O) groups excluding carboxylic acids is 2. The summed E-state index contributed by atoms with van der Waals surface area (Å²) in [6.45, 7) is 7.82. The molecule has 8 nitrogen and oxygen atoms in total. The Kier molecular flexibility index (Phi) is 7.50. The van der Waals surface area contributed by atoms with Gasteiger partial charge in [0.15, 0.2) is 11.5 Å². The lowest BCUT2D eigenvalue weighted by atomic mass is 10.2. The zero-order valence-electron chi connectivity index (χ0n) is 16.5. The number of fused-ring (bicyclic) bond motifs is 1. The Hall–Kier alpha value is -2.32. The Balaban J connectivity index is 1.37. The van der Waals surface area contributed by atoms with Crippen LogP contribution >= 0.6 is 0 Å². The highest BCUT2D eigenvalue weighted by atomic mass is 16.6. The van der Waals surface area contributed by atoms with Crippen molar-refractivity contribution in [2.24, 2.45) is 0 Å². The van der Waals surface area contributed by atoms with Crippen LogP contribution in [0.5, 0.6) is 11.5 Å². The molecule has 0 atom stereocenters. The van der Waals surface area contributed by atoms with Crippen molar-refractivity contribution in [2.45, 2.75) is 19.8 Å². The fourth-order valence-corrected chi connectivity index (χ4v) is 3.29. The molecule has 3 rings (SSSR count). The Morgan fingerprint density at radius 3 is 2.29 bits per heavy atom. The van der Waals surface area contributed by atoms with Gasteiger partial charge in [0.2, 0.25) is 11.8 Å². The van der Waals surface area contributed by atoms with Gasteiger partial charge in [0, 0.05) is 44.5 Å². The van der Waals surface area contributed by atoms with Crippen molar-refractivity contribution in [1.29, 1.82) is 0 Å². The minimum Gasteiger partial charge on any atom is -0.486 e. The van der Waals surface area contributed by atoms with Crippen LogP contribution in [0, 0.1) is 0 Å². The molecule has 2 aliphatic rings. The first-order valence-electron chi connectivity index (χ1n) is 10.0. The van der Waals surface area contributed by atoms with Gasteiger partial charge in [-0.2, -0.15) is 0 Å². The lowest BCUT2D eigenvalue weighted by Crippen LogP contribution is -2.51. The average Bonchev–Trinajstić information content (AvgIpc) is 2.69. The number of nitrogens with zero attached hydrogens (tertiary/aromatic N) is 2. The second-order valence-corrected chi connectivity index (χ2v) is 7.16. The summed E-state index contributed by atoms with van der Waals surface area (Å²) >= 11 is 0. The number of anilines is 1. The van der Waals surface area contributed by atoms with Crippen LogP contribution in [0.15, 0.2) is 18.2 Å². The zero-order chi connectivity index (χ0) is 19.8. The maximum Gasteiger partial charge on any atom is 0.238 e. The predicted molar refractivity (Wildman–Crippen MR) is 107 cm³/mol. The van der Waals surface area contributed by atoms with E-state index in [1.807, 2.05) is 12.1 Å². The Labute approximate surface area is 166 Å². The summed E-state index contributed by atoms with van der Waals surface area (Å²) < 4.78 is 11.0. The first kappa shape index (κ1) is 20.4. The smallest absolute Gasteiger partial charge is 0.238 e. The van der Waals surface area contributed by atoms with Gasteiger partial charge in [-0.1, -0.05) is 13.3 Å². The Morgan fingerprint density at radius 1 is 0.964 bits per heavy atom. The summed E-state index contributed by atoms with van der Waals surface area (Å²) in [6.07, 6.45) is 2.09. The molecule has 0 aromatic heterocycles. The Bertz CT molecular complexity index is 674. The van der Waals surface area contributed by atoms with E-state index in [0.717, 1.165) is 45.6 Å². The molecule has 2 heterocycles. The number of hydrogen-bond donors (Lipinski definition) is 2. The molecule has 2 amide bonds. The Morgan fingerprint density at radius 2 is 1.61 bits per heavy atom. The van der Waals surface area contributed by atoms with Crippen LogP contribution in [-0.2, 0) is 9.59 Å². The molecule has 0 bridgehead atoms. The molecule has 1 fully saturated rings. The topological polar surface area (TPSA) is 83.1 Å². The molecule has 0 radical (unpaired) electrons. The number of ether oxygens (including phenoxy) is 2. The van der Waals surface area contributed by atoms with E-state index in [1.54, 1.807) is 6.07 Å². The van der Waals surface area contributed by atoms with Crippen LogP contribution in [0.4, 0.5) is 5.69 Å². The SMILES string of the molecule is CCCCNC(=O)CN1CCN(CC(=O)Nc2ccc3c(c2)OCCO3)CC1. The summed E-state index contributed by atoms with van der Waals surface area (Å²) in [7, 11) is 0. The number of benzene rings is 1. The average molecular weight is 390 g/mol. The van der Waals surface area contributed by atoms with Crippen molar-refractivity contribution in [3.63, 3.8) is 0 Å². The molecule has 2 aliphatic heterocycles. The van der Waals surface area contributed by atoms with Gasteiger partial charge in [0.25, 0.3) is 0 Å². The van der Waals surface area contributed by atoms with E-state index in [4.69, 9.17) is 9.47 Å². The number of hydrogen-bond acceptors (Lipinski definition) is 6. The molecule has 8 heteroatoms. The quantitative estimate of drug-likeness (QED) is 0.643. The number of nitrogens with one attached hydrogen (secondary N) is 2. The highest BCUT2D eigenvalue weighted by molar-refractivity contribution is 5.92. The highest BCUT2D eigenvalue weighted by Crippen LogP contribution is 2.32. The summed E-state index contributed by atoms with van der Waals surface area (Å²) in [5.41, 5.74) is 0.705. The third kappa shape index (κ3) is 6.10. The second kappa shape index (κ2) is 10.3. The molecule has 0 aliphatic carbocycles. The summed E-state index contributed by atoms with van der Waals surface area (Å²) in [5, 5.41) is 5.86. The van der Waals surface area contributed by atoms with Crippen molar-refractivity contribution in [3.8, 4) is 11.5 Å². The third-order valence-electron chi connectivity index (χ3n) is 4.88. The molecule has 0 saturated carbocycles. The molecule has 28 heavy (non-hydrogen) atoms. The molecular formula is C20H30N4O4. The lowest BCUT2D eigenvalue weighted by Gasteiger charge is -2.33. The molecule has 154 valence electrons. The largest absolute Gasteiger partial charge is 0.486 e. The van der Waals surface area contributed by atoms with E-state index in [0.29, 0.717) is 43.5 Å². The van der Waals surface area contributed by atoms with Crippen LogP contribution < -0.4 is 20.1 Å². The predicted octanol–water partition coefficient (Wildman–Crippen LogP) is 0.930. The minimum atomic E-state index is -0.0533. The highest BCUT2D eigenvalue weighted by Gasteiger charge is 2.21. The number of piperazine rings is 1. The van der Waals surface area contributed by atoms with E-state index in [-0.39, 0.29) is 11.8 Å². The van der Waals surface area contributed by atoms with E-state index in [9.17, 15) is 9.59 Å². The van der Waals surface area contributed by atoms with Gasteiger partial charge < -0.3 is 20.1 Å². The summed E-state index contributed by atoms with van der Waals surface area (Å²) in [6, 6.07) is 5.43. The van der Waals surface area contributed by atoms with E-state index < -0.39 is 0 Å². The molecule has 0 spiro atoms. The standard InChI is InChI=1S/C20H30N4O4/c1-2-3-6-21-19(25)14-23-7-9-24(10-8-23)15-20(26)22-16-4-5-17-18(13-16)28-12-11-27-17/h4-5,13H,2-3,6-12,14-15H2,1H3,(H,21,25)(H,22,26). The molecule has 0 unspecified atom stereocenters. The van der Waals surface area contributed by atoms with Gasteiger partial charge in [0.1, 0.15) is 13.2 Å². The van der Waals surface area contributed by atoms with E-state index in [1.165, 1.54) is 0 Å². The van der Waals surface area contributed by atoms with Crippen LogP contribution in [-0.4, -0.2) is 80.6 Å². The van der Waals surface area contributed by atoms with Crippen molar-refractivity contribution >= 4 is 17.5 Å². The van der Waals surface area contributed by atoms with Gasteiger partial charge in [-0.15, -0.1) is 0 Å². The second-order valence-electron chi connectivity index (χ2n) is 7.16. The van der Waals surface area contributed by atoms with Gasteiger partial charge in [-0.25, -0.2) is 0 Å². The molecule has 1 aromatic rings.